The molecule has 1 aromatic carbocycles. The first-order valence-electron chi connectivity index (χ1n) is 5.90. The predicted octanol–water partition coefficient (Wildman–Crippen LogP) is 3.02. The number of ether oxygens (including phenoxy) is 1. The number of hydrogen-bond acceptors (Lipinski definition) is 3. The molecule has 0 spiro atoms. The van der Waals surface area contributed by atoms with Gasteiger partial charge >= 0.3 is 0 Å². The Balaban J connectivity index is 2.15. The van der Waals surface area contributed by atoms with Gasteiger partial charge in [0.15, 0.2) is 0 Å². The zero-order valence-electron chi connectivity index (χ0n) is 9.60. The van der Waals surface area contributed by atoms with Crippen molar-refractivity contribution in [3.63, 3.8) is 0 Å². The van der Waals surface area contributed by atoms with E-state index in [-0.39, 0.29) is 12.0 Å². The topological polar surface area (TPSA) is 56.8 Å². The lowest BCUT2D eigenvalue weighted by atomic mass is 9.87. The number of hydrogen-bond donors (Lipinski definition) is 0. The van der Waals surface area contributed by atoms with E-state index in [0.717, 1.165) is 25.7 Å². The van der Waals surface area contributed by atoms with Crippen LogP contribution in [0.5, 0.6) is 5.75 Å². The van der Waals surface area contributed by atoms with Crippen LogP contribution in [0, 0.1) is 28.6 Å². The molecule has 0 heterocycles. The molecular weight excluding hydrogens is 212 g/mol. The zero-order chi connectivity index (χ0) is 12.1. The SMILES string of the molecule is N#Cc1ccccc1OC1CCCCC1C#N. The van der Waals surface area contributed by atoms with Gasteiger partial charge in [-0.25, -0.2) is 0 Å². The van der Waals surface area contributed by atoms with E-state index in [9.17, 15) is 0 Å². The third-order valence-corrected chi connectivity index (χ3v) is 3.15. The Morgan fingerprint density at radius 3 is 2.65 bits per heavy atom. The molecule has 0 amide bonds. The van der Waals surface area contributed by atoms with E-state index >= 15 is 0 Å². The van der Waals surface area contributed by atoms with Gasteiger partial charge in [-0.15, -0.1) is 0 Å². The summed E-state index contributed by atoms with van der Waals surface area (Å²) in [6.45, 7) is 0. The van der Waals surface area contributed by atoms with Gasteiger partial charge in [-0.3, -0.25) is 0 Å². The lowest BCUT2D eigenvalue weighted by Crippen LogP contribution is -2.29. The molecule has 3 nitrogen and oxygen atoms in total. The standard InChI is InChI=1S/C14H14N2O/c15-9-11-5-1-3-7-13(11)17-14-8-4-2-6-12(14)10-16/h1,3,5,7,12,14H,2,4,6,8H2. The van der Waals surface area contributed by atoms with Crippen molar-refractivity contribution in [2.24, 2.45) is 5.92 Å². The molecule has 86 valence electrons. The van der Waals surface area contributed by atoms with Crippen molar-refractivity contribution in [2.75, 3.05) is 0 Å². The number of para-hydroxylation sites is 1. The molecule has 1 fully saturated rings. The summed E-state index contributed by atoms with van der Waals surface area (Å²) < 4.78 is 5.84. The fourth-order valence-corrected chi connectivity index (χ4v) is 2.21. The molecule has 0 bridgehead atoms. The van der Waals surface area contributed by atoms with Crippen molar-refractivity contribution in [3.05, 3.63) is 29.8 Å². The molecule has 3 heteroatoms. The normalized spacial score (nSPS) is 23.4. The molecule has 0 radical (unpaired) electrons. The van der Waals surface area contributed by atoms with Crippen LogP contribution in [0.2, 0.25) is 0 Å². The van der Waals surface area contributed by atoms with Crippen LogP contribution in [-0.4, -0.2) is 6.10 Å². The minimum absolute atomic E-state index is 0.0458. The Labute approximate surface area is 101 Å². The van der Waals surface area contributed by atoms with Crippen molar-refractivity contribution < 1.29 is 4.74 Å². The fraction of sp³-hybridized carbons (Fsp3) is 0.429. The van der Waals surface area contributed by atoms with E-state index in [4.69, 9.17) is 15.3 Å². The highest BCUT2D eigenvalue weighted by molar-refractivity contribution is 5.42. The third-order valence-electron chi connectivity index (χ3n) is 3.15. The van der Waals surface area contributed by atoms with Crippen LogP contribution in [0.25, 0.3) is 0 Å². The summed E-state index contributed by atoms with van der Waals surface area (Å²) in [7, 11) is 0. The van der Waals surface area contributed by atoms with Gasteiger partial charge < -0.3 is 4.74 Å². The summed E-state index contributed by atoms with van der Waals surface area (Å²) in [5.41, 5.74) is 0.537. The lowest BCUT2D eigenvalue weighted by molar-refractivity contribution is 0.120. The first kappa shape index (κ1) is 11.5. The second-order valence-electron chi connectivity index (χ2n) is 4.28. The Kier molecular flexibility index (Phi) is 3.62. The summed E-state index contributed by atoms with van der Waals surface area (Å²) in [5.74, 6) is 0.553. The van der Waals surface area contributed by atoms with Crippen molar-refractivity contribution in [2.45, 2.75) is 31.8 Å². The minimum Gasteiger partial charge on any atom is -0.488 e. The molecule has 1 aromatic rings. The maximum absolute atomic E-state index is 9.07. The van der Waals surface area contributed by atoms with Gasteiger partial charge in [0.05, 0.1) is 17.6 Å². The Morgan fingerprint density at radius 2 is 1.88 bits per heavy atom. The molecule has 1 aliphatic rings. The van der Waals surface area contributed by atoms with Crippen LogP contribution in [0.4, 0.5) is 0 Å². The molecule has 2 unspecified atom stereocenters. The summed E-state index contributed by atoms with van der Waals surface area (Å²) in [5, 5.41) is 18.0. The van der Waals surface area contributed by atoms with E-state index in [0.29, 0.717) is 11.3 Å². The average Bonchev–Trinajstić information content (AvgIpc) is 2.40. The van der Waals surface area contributed by atoms with Crippen LogP contribution in [-0.2, 0) is 0 Å². The maximum atomic E-state index is 9.07. The van der Waals surface area contributed by atoms with Gasteiger partial charge in [0.1, 0.15) is 17.9 Å². The van der Waals surface area contributed by atoms with Gasteiger partial charge in [0, 0.05) is 0 Å². The summed E-state index contributed by atoms with van der Waals surface area (Å²) >= 11 is 0. The summed E-state index contributed by atoms with van der Waals surface area (Å²) in [4.78, 5) is 0. The molecule has 1 aliphatic carbocycles. The number of nitriles is 2. The Bertz CT molecular complexity index is 470. The average molecular weight is 226 g/mol. The largest absolute Gasteiger partial charge is 0.488 e. The van der Waals surface area contributed by atoms with Crippen LogP contribution < -0.4 is 4.74 Å². The van der Waals surface area contributed by atoms with Gasteiger partial charge in [0.25, 0.3) is 0 Å². The van der Waals surface area contributed by atoms with Crippen molar-refractivity contribution in [1.29, 1.82) is 10.5 Å². The van der Waals surface area contributed by atoms with Crippen LogP contribution in [0.3, 0.4) is 0 Å². The first-order chi connectivity index (χ1) is 8.35. The molecule has 0 N–H and O–H groups in total. The zero-order valence-corrected chi connectivity index (χ0v) is 9.60. The first-order valence-corrected chi connectivity index (χ1v) is 5.90. The highest BCUT2D eigenvalue weighted by atomic mass is 16.5. The van der Waals surface area contributed by atoms with Crippen molar-refractivity contribution in [3.8, 4) is 17.9 Å². The minimum atomic E-state index is -0.0664. The predicted molar refractivity (Wildman–Crippen MR) is 63.1 cm³/mol. The second-order valence-corrected chi connectivity index (χ2v) is 4.28. The number of nitrogens with zero attached hydrogens (tertiary/aromatic N) is 2. The fourth-order valence-electron chi connectivity index (χ4n) is 2.21. The molecule has 17 heavy (non-hydrogen) atoms. The molecule has 2 rings (SSSR count). The molecular formula is C14H14N2O. The van der Waals surface area contributed by atoms with Crippen LogP contribution in [0.1, 0.15) is 31.2 Å². The quantitative estimate of drug-likeness (QED) is 0.778. The van der Waals surface area contributed by atoms with E-state index in [1.54, 1.807) is 12.1 Å². The van der Waals surface area contributed by atoms with Crippen LogP contribution >= 0.6 is 0 Å². The second kappa shape index (κ2) is 5.37. The molecule has 0 aromatic heterocycles. The van der Waals surface area contributed by atoms with E-state index in [1.165, 1.54) is 0 Å². The smallest absolute Gasteiger partial charge is 0.137 e. The molecule has 0 aliphatic heterocycles. The Morgan fingerprint density at radius 1 is 1.12 bits per heavy atom. The monoisotopic (exact) mass is 226 g/mol. The molecule has 2 atom stereocenters. The van der Waals surface area contributed by atoms with E-state index < -0.39 is 0 Å². The summed E-state index contributed by atoms with van der Waals surface area (Å²) in [6, 6.07) is 11.6. The van der Waals surface area contributed by atoms with Gasteiger partial charge in [-0.05, 0) is 31.4 Å². The third kappa shape index (κ3) is 2.57. The van der Waals surface area contributed by atoms with E-state index in [2.05, 4.69) is 12.1 Å². The highest BCUT2D eigenvalue weighted by Gasteiger charge is 2.27. The van der Waals surface area contributed by atoms with Crippen LogP contribution in [0.15, 0.2) is 24.3 Å². The molecule has 0 saturated heterocycles. The lowest BCUT2D eigenvalue weighted by Gasteiger charge is -2.27. The van der Waals surface area contributed by atoms with Crippen molar-refractivity contribution in [1.82, 2.24) is 0 Å². The summed E-state index contributed by atoms with van der Waals surface area (Å²) in [6.07, 6.45) is 3.92. The van der Waals surface area contributed by atoms with Gasteiger partial charge in [-0.2, -0.15) is 10.5 Å². The van der Waals surface area contributed by atoms with Gasteiger partial charge in [0.2, 0.25) is 0 Å². The highest BCUT2D eigenvalue weighted by Crippen LogP contribution is 2.29. The molecule has 1 saturated carbocycles. The maximum Gasteiger partial charge on any atom is 0.137 e. The van der Waals surface area contributed by atoms with Gasteiger partial charge in [-0.1, -0.05) is 18.6 Å². The number of benzene rings is 1. The van der Waals surface area contributed by atoms with E-state index in [1.807, 2.05) is 12.1 Å². The number of rotatable bonds is 2. The Hall–Kier alpha value is -2.00. The van der Waals surface area contributed by atoms with Crippen molar-refractivity contribution >= 4 is 0 Å².